The van der Waals surface area contributed by atoms with Crippen LogP contribution < -0.4 is 14.2 Å². The van der Waals surface area contributed by atoms with Gasteiger partial charge >= 0.3 is 0 Å². The first-order valence-electron chi connectivity index (χ1n) is 18.4. The standard InChI is InChI=1S/C42H54O8/c1-18(2)22-24-30(48-17-21-15-16-21)25-23(19(3)4)27-34(45)40(9,10)38(47)42(13,14)36(27)50-32(25)28(29(43)20(5)6)31(24)49-35-26(22)33(44)39(7,8)37(46)41(35,11)12/h18-23H,15-17H2,1-14H3/t22-,23+. The molecular weight excluding hydrogens is 632 g/mol. The van der Waals surface area contributed by atoms with E-state index in [1.807, 2.05) is 27.7 Å². The first-order chi connectivity index (χ1) is 22.9. The number of carbonyl (C=O) groups excluding carboxylic acids is 5. The lowest BCUT2D eigenvalue weighted by atomic mass is 9.58. The van der Waals surface area contributed by atoms with E-state index in [4.69, 9.17) is 14.2 Å². The third kappa shape index (κ3) is 4.78. The van der Waals surface area contributed by atoms with Crippen LogP contribution in [0.25, 0.3) is 0 Å². The molecule has 1 fully saturated rings. The van der Waals surface area contributed by atoms with Crippen LogP contribution in [0.1, 0.15) is 143 Å². The Hall–Kier alpha value is -3.55. The second-order valence-electron chi connectivity index (χ2n) is 18.4. The van der Waals surface area contributed by atoms with Gasteiger partial charge in [0.1, 0.15) is 34.3 Å². The van der Waals surface area contributed by atoms with Crippen LogP contribution in [0.5, 0.6) is 17.2 Å². The summed E-state index contributed by atoms with van der Waals surface area (Å²) in [6, 6.07) is 0. The molecule has 0 radical (unpaired) electrons. The Morgan fingerprint density at radius 2 is 1.04 bits per heavy atom. The molecule has 0 spiro atoms. The van der Waals surface area contributed by atoms with E-state index in [2.05, 4.69) is 0 Å². The number of ketones is 5. The van der Waals surface area contributed by atoms with E-state index in [1.54, 1.807) is 69.2 Å². The van der Waals surface area contributed by atoms with Crippen molar-refractivity contribution in [3.05, 3.63) is 39.4 Å². The van der Waals surface area contributed by atoms with Gasteiger partial charge in [0.25, 0.3) is 0 Å². The van der Waals surface area contributed by atoms with Gasteiger partial charge in [-0.3, -0.25) is 24.0 Å². The Morgan fingerprint density at radius 3 is 1.36 bits per heavy atom. The minimum Gasteiger partial charge on any atom is -0.492 e. The molecule has 1 saturated carbocycles. The van der Waals surface area contributed by atoms with Gasteiger partial charge in [0.05, 0.1) is 28.3 Å². The van der Waals surface area contributed by atoms with Crippen LogP contribution in [0.15, 0.2) is 22.7 Å². The monoisotopic (exact) mass is 686 g/mol. The first-order valence-corrected chi connectivity index (χ1v) is 18.4. The van der Waals surface area contributed by atoms with Crippen molar-refractivity contribution >= 4 is 28.9 Å². The first kappa shape index (κ1) is 36.2. The lowest BCUT2D eigenvalue weighted by molar-refractivity contribution is -0.146. The van der Waals surface area contributed by atoms with E-state index in [1.165, 1.54) is 0 Å². The maximum Gasteiger partial charge on any atom is 0.175 e. The van der Waals surface area contributed by atoms with Crippen molar-refractivity contribution < 1.29 is 38.2 Å². The fourth-order valence-electron chi connectivity index (χ4n) is 8.94. The molecule has 8 heteroatoms. The minimum atomic E-state index is -1.29. The van der Waals surface area contributed by atoms with Gasteiger partial charge in [-0.25, -0.2) is 0 Å². The molecule has 0 saturated heterocycles. The van der Waals surface area contributed by atoms with Crippen molar-refractivity contribution in [2.24, 2.45) is 45.3 Å². The number of allylic oxidation sites excluding steroid dienone is 4. The average Bonchev–Trinajstić information content (AvgIpc) is 3.86. The number of fused-ring (bicyclic) bond motifs is 2. The molecule has 0 aromatic heterocycles. The van der Waals surface area contributed by atoms with Crippen LogP contribution in [0.2, 0.25) is 0 Å². The van der Waals surface area contributed by atoms with Crippen molar-refractivity contribution in [3.63, 3.8) is 0 Å². The number of hydrogen-bond donors (Lipinski definition) is 0. The Balaban J connectivity index is 1.79. The fourth-order valence-corrected chi connectivity index (χ4v) is 8.94. The Bertz CT molecular complexity index is 1720. The van der Waals surface area contributed by atoms with Gasteiger partial charge in [-0.15, -0.1) is 0 Å². The zero-order valence-corrected chi connectivity index (χ0v) is 32.4. The SMILES string of the molecule is CC(C)C(=O)c1c2c(c(OCC3CC3)c3c1OC1=C(C(=O)C(C)(C)C(=O)C1(C)C)[C@@H]3C(C)C)[C@H](C(C)C)C1=C(O2)C(C)(C)C(=O)C(C)(C)C1=O. The van der Waals surface area contributed by atoms with Crippen LogP contribution in [0.3, 0.4) is 0 Å². The van der Waals surface area contributed by atoms with Gasteiger partial charge in [-0.05, 0) is 86.0 Å². The predicted octanol–water partition coefficient (Wildman–Crippen LogP) is 8.49. The molecule has 0 amide bonds. The maximum atomic E-state index is 14.6. The predicted molar refractivity (Wildman–Crippen MR) is 189 cm³/mol. The highest BCUT2D eigenvalue weighted by Crippen LogP contribution is 2.64. The topological polar surface area (TPSA) is 113 Å². The summed E-state index contributed by atoms with van der Waals surface area (Å²) in [6.07, 6.45) is 2.05. The van der Waals surface area contributed by atoms with Gasteiger partial charge < -0.3 is 14.2 Å². The van der Waals surface area contributed by atoms with E-state index >= 15 is 0 Å². The Morgan fingerprint density at radius 1 is 0.660 bits per heavy atom. The molecule has 3 aliphatic carbocycles. The Labute approximate surface area is 296 Å². The van der Waals surface area contributed by atoms with E-state index in [9.17, 15) is 24.0 Å². The molecule has 50 heavy (non-hydrogen) atoms. The van der Waals surface area contributed by atoms with Gasteiger partial charge in [0.2, 0.25) is 0 Å². The average molecular weight is 687 g/mol. The summed E-state index contributed by atoms with van der Waals surface area (Å²) >= 11 is 0. The highest BCUT2D eigenvalue weighted by atomic mass is 16.5. The third-order valence-electron chi connectivity index (χ3n) is 11.9. The lowest BCUT2D eigenvalue weighted by Crippen LogP contribution is -2.52. The molecule has 2 aliphatic heterocycles. The quantitative estimate of drug-likeness (QED) is 0.207. The normalized spacial score (nSPS) is 26.0. The molecule has 0 bridgehead atoms. The number of ether oxygens (including phenoxy) is 3. The summed E-state index contributed by atoms with van der Waals surface area (Å²) in [5.74, 6) is -1.53. The summed E-state index contributed by atoms with van der Waals surface area (Å²) in [5.41, 5.74) is -2.70. The largest absolute Gasteiger partial charge is 0.492 e. The van der Waals surface area contributed by atoms with Gasteiger partial charge in [0.15, 0.2) is 28.9 Å². The minimum absolute atomic E-state index is 0.168. The molecule has 0 N–H and O–H groups in total. The van der Waals surface area contributed by atoms with Crippen LogP contribution in [0, 0.1) is 45.3 Å². The smallest absolute Gasteiger partial charge is 0.175 e. The summed E-state index contributed by atoms with van der Waals surface area (Å²) in [4.78, 5) is 71.6. The van der Waals surface area contributed by atoms with E-state index in [-0.39, 0.29) is 69.3 Å². The van der Waals surface area contributed by atoms with Crippen LogP contribution >= 0.6 is 0 Å². The number of Topliss-reactive ketones (excluding diaryl/α,β-unsaturated/α-hetero) is 5. The molecule has 5 aliphatic rings. The van der Waals surface area contributed by atoms with Crippen LogP contribution in [-0.2, 0) is 19.2 Å². The Kier molecular flexibility index (Phi) is 8.14. The van der Waals surface area contributed by atoms with E-state index < -0.39 is 39.4 Å². The van der Waals surface area contributed by atoms with Crippen molar-refractivity contribution in [2.45, 2.75) is 122 Å². The summed E-state index contributed by atoms with van der Waals surface area (Å²) in [6.45, 7) is 26.0. The van der Waals surface area contributed by atoms with E-state index in [0.29, 0.717) is 40.5 Å². The second-order valence-corrected chi connectivity index (χ2v) is 18.4. The summed E-state index contributed by atoms with van der Waals surface area (Å²) < 4.78 is 20.6. The van der Waals surface area contributed by atoms with Gasteiger partial charge in [-0.1, -0.05) is 41.5 Å². The molecule has 8 nitrogen and oxygen atoms in total. The third-order valence-corrected chi connectivity index (χ3v) is 11.9. The molecule has 1 aromatic carbocycles. The zero-order chi connectivity index (χ0) is 37.4. The van der Waals surface area contributed by atoms with Crippen LogP contribution in [0.4, 0.5) is 0 Å². The molecule has 2 heterocycles. The molecule has 1 aromatic rings. The van der Waals surface area contributed by atoms with Gasteiger partial charge in [-0.2, -0.15) is 0 Å². The number of hydrogen-bond acceptors (Lipinski definition) is 8. The number of carbonyl (C=O) groups is 5. The molecule has 270 valence electrons. The van der Waals surface area contributed by atoms with Crippen molar-refractivity contribution in [1.29, 1.82) is 0 Å². The lowest BCUT2D eigenvalue weighted by Gasteiger charge is -2.48. The van der Waals surface area contributed by atoms with Crippen molar-refractivity contribution in [1.82, 2.24) is 0 Å². The zero-order valence-electron chi connectivity index (χ0n) is 32.4. The van der Waals surface area contributed by atoms with Crippen molar-refractivity contribution in [3.8, 4) is 17.2 Å². The molecule has 2 atom stereocenters. The molecular formula is C42H54O8. The highest BCUT2D eigenvalue weighted by Gasteiger charge is 2.61. The van der Waals surface area contributed by atoms with Crippen LogP contribution in [-0.4, -0.2) is 35.5 Å². The second kappa shape index (κ2) is 11.2. The molecule has 0 unspecified atom stereocenters. The summed E-state index contributed by atoms with van der Waals surface area (Å²) in [7, 11) is 0. The highest BCUT2D eigenvalue weighted by molar-refractivity contribution is 6.21. The fraction of sp³-hybridized carbons (Fsp3) is 0.643. The van der Waals surface area contributed by atoms with Gasteiger partial charge in [0, 0.05) is 40.0 Å². The molecule has 6 rings (SSSR count). The number of rotatable bonds is 7. The van der Waals surface area contributed by atoms with Crippen molar-refractivity contribution in [2.75, 3.05) is 6.61 Å². The number of benzene rings is 1. The summed E-state index contributed by atoms with van der Waals surface area (Å²) in [5, 5.41) is 0. The van der Waals surface area contributed by atoms with E-state index in [0.717, 1.165) is 12.8 Å². The maximum absolute atomic E-state index is 14.6.